The van der Waals surface area contributed by atoms with Crippen LogP contribution >= 0.6 is 7.75 Å². The fourth-order valence-corrected chi connectivity index (χ4v) is 4.51. The van der Waals surface area contributed by atoms with Gasteiger partial charge in [-0.25, -0.2) is 9.36 Å². The van der Waals surface area contributed by atoms with Crippen molar-refractivity contribution in [1.82, 2.24) is 14.6 Å². The number of nitro groups is 1. The van der Waals surface area contributed by atoms with Gasteiger partial charge < -0.3 is 14.0 Å². The molecule has 3 rings (SSSR count). The number of carbonyl (C=O) groups excluding carboxylic acids is 1. The molecule has 2 heterocycles. The van der Waals surface area contributed by atoms with Crippen LogP contribution in [0, 0.1) is 17.0 Å². The SMILES string of the molecule is COC(=O)C(C)NP(=O)(OC[C@@H]1C=C[C@H](n2cc(C)c(=O)[nH]c2=O)O1)Oc1ccc([N+](=O)[O-])cc1. The van der Waals surface area contributed by atoms with Gasteiger partial charge in [0.05, 0.1) is 18.6 Å². The van der Waals surface area contributed by atoms with Crippen molar-refractivity contribution in [3.63, 3.8) is 0 Å². The lowest BCUT2D eigenvalue weighted by atomic mass is 10.3. The van der Waals surface area contributed by atoms with E-state index in [-0.39, 0.29) is 18.0 Å². The Hall–Kier alpha value is -3.58. The van der Waals surface area contributed by atoms with Crippen LogP contribution in [0.25, 0.3) is 0 Å². The monoisotopic (exact) mass is 510 g/mol. The van der Waals surface area contributed by atoms with Crippen molar-refractivity contribution in [2.24, 2.45) is 0 Å². The second-order valence-corrected chi connectivity index (χ2v) is 9.13. The van der Waals surface area contributed by atoms with Gasteiger partial charge in [-0.2, -0.15) is 5.09 Å². The van der Waals surface area contributed by atoms with Crippen LogP contribution in [0.1, 0.15) is 18.7 Å². The number of esters is 1. The number of aryl methyl sites for hydroxylation is 1. The summed E-state index contributed by atoms with van der Waals surface area (Å²) in [6, 6.07) is 3.68. The molecule has 1 aromatic carbocycles. The Morgan fingerprint density at radius 1 is 1.31 bits per heavy atom. The van der Waals surface area contributed by atoms with Crippen LogP contribution in [0.3, 0.4) is 0 Å². The molecule has 2 aromatic rings. The molecular formula is C20H23N4O10P. The molecular weight excluding hydrogens is 487 g/mol. The first-order valence-electron chi connectivity index (χ1n) is 10.2. The topological polar surface area (TPSA) is 181 Å². The smallest absolute Gasteiger partial charge is 0.459 e. The van der Waals surface area contributed by atoms with Gasteiger partial charge in [0.25, 0.3) is 11.2 Å². The third kappa shape index (κ3) is 6.51. The largest absolute Gasteiger partial charge is 0.468 e. The number of H-pyrrole nitrogens is 1. The Balaban J connectivity index is 1.72. The van der Waals surface area contributed by atoms with E-state index in [0.29, 0.717) is 5.56 Å². The lowest BCUT2D eigenvalue weighted by molar-refractivity contribution is -0.384. The molecule has 0 fully saturated rings. The molecule has 0 amide bonds. The van der Waals surface area contributed by atoms with Gasteiger partial charge in [-0.1, -0.05) is 6.08 Å². The van der Waals surface area contributed by atoms with Crippen LogP contribution in [-0.4, -0.2) is 46.3 Å². The molecule has 0 spiro atoms. The molecule has 0 saturated heterocycles. The maximum atomic E-state index is 13.4. The molecule has 0 bridgehead atoms. The minimum absolute atomic E-state index is 0.0143. The van der Waals surface area contributed by atoms with Crippen molar-refractivity contribution in [3.05, 3.63) is 79.1 Å². The number of nitrogens with one attached hydrogen (secondary N) is 2. The number of methoxy groups -OCH3 is 1. The summed E-state index contributed by atoms with van der Waals surface area (Å²) in [5, 5.41) is 13.3. The number of hydrogen-bond acceptors (Lipinski definition) is 10. The zero-order valence-electron chi connectivity index (χ0n) is 18.9. The van der Waals surface area contributed by atoms with Gasteiger partial charge in [0, 0.05) is 23.9 Å². The molecule has 0 saturated carbocycles. The lowest BCUT2D eigenvalue weighted by Gasteiger charge is -2.24. The van der Waals surface area contributed by atoms with Crippen LogP contribution in [0.5, 0.6) is 5.75 Å². The number of aromatic amines is 1. The average Bonchev–Trinajstić information content (AvgIpc) is 3.28. The Kier molecular flexibility index (Phi) is 8.02. The zero-order valence-corrected chi connectivity index (χ0v) is 19.8. The van der Waals surface area contributed by atoms with Crippen LogP contribution in [0.2, 0.25) is 0 Å². The molecule has 0 aliphatic carbocycles. The summed E-state index contributed by atoms with van der Waals surface area (Å²) in [6.07, 6.45) is 2.87. The molecule has 4 atom stereocenters. The highest BCUT2D eigenvalue weighted by Gasteiger charge is 2.34. The summed E-state index contributed by atoms with van der Waals surface area (Å²) >= 11 is 0. The molecule has 14 nitrogen and oxygen atoms in total. The summed E-state index contributed by atoms with van der Waals surface area (Å²) in [4.78, 5) is 47.9. The maximum absolute atomic E-state index is 13.4. The van der Waals surface area contributed by atoms with Crippen molar-refractivity contribution >= 4 is 19.4 Å². The van der Waals surface area contributed by atoms with Crippen LogP contribution in [-0.2, 0) is 23.4 Å². The number of rotatable bonds is 10. The normalized spacial score (nSPS) is 19.6. The standard InChI is InChI=1S/C20H23N4O10P/c1-12-10-23(20(27)21-18(12)25)17-9-8-16(33-17)11-32-35(30,22-13(2)19(26)31-3)34-15-6-4-14(5-7-15)24(28)29/h4-10,13,16-17H,11H2,1-3H3,(H,22,30)(H,21,25,27)/t13?,16-,17+,35?/m0/s1. The number of aromatic nitrogens is 2. The van der Waals surface area contributed by atoms with Gasteiger partial charge in [-0.15, -0.1) is 0 Å². The highest BCUT2D eigenvalue weighted by atomic mass is 31.2. The van der Waals surface area contributed by atoms with Crippen LogP contribution in [0.4, 0.5) is 5.69 Å². The van der Waals surface area contributed by atoms with Gasteiger partial charge in [-0.3, -0.25) is 33.8 Å². The maximum Gasteiger partial charge on any atom is 0.459 e. The first-order chi connectivity index (χ1) is 16.5. The third-order valence-electron chi connectivity index (χ3n) is 4.81. The Morgan fingerprint density at radius 3 is 2.63 bits per heavy atom. The molecule has 1 aliphatic rings. The second-order valence-electron chi connectivity index (χ2n) is 7.44. The van der Waals surface area contributed by atoms with Crippen LogP contribution in [0.15, 0.2) is 52.2 Å². The molecule has 1 aromatic heterocycles. The second kappa shape index (κ2) is 10.8. The van der Waals surface area contributed by atoms with E-state index in [4.69, 9.17) is 13.8 Å². The van der Waals surface area contributed by atoms with E-state index in [1.54, 1.807) is 12.2 Å². The number of ether oxygens (including phenoxy) is 2. The van der Waals surface area contributed by atoms with E-state index in [9.17, 15) is 29.1 Å². The first kappa shape index (κ1) is 26.0. The number of nitrogens with zero attached hydrogens (tertiary/aromatic N) is 2. The Labute approximate surface area is 198 Å². The number of non-ortho nitro benzene ring substituents is 1. The molecule has 15 heteroatoms. The number of nitro benzene ring substituents is 1. The highest BCUT2D eigenvalue weighted by molar-refractivity contribution is 7.52. The average molecular weight is 510 g/mol. The zero-order chi connectivity index (χ0) is 25.8. The molecule has 2 N–H and O–H groups in total. The molecule has 2 unspecified atom stereocenters. The molecule has 35 heavy (non-hydrogen) atoms. The lowest BCUT2D eigenvalue weighted by Crippen LogP contribution is -2.35. The van der Waals surface area contributed by atoms with E-state index in [1.165, 1.54) is 36.7 Å². The summed E-state index contributed by atoms with van der Waals surface area (Å²) < 4.78 is 35.8. The molecule has 1 aliphatic heterocycles. The van der Waals surface area contributed by atoms with Crippen molar-refractivity contribution in [2.45, 2.75) is 32.2 Å². The van der Waals surface area contributed by atoms with Crippen molar-refractivity contribution in [1.29, 1.82) is 0 Å². The number of carbonyl (C=O) groups is 1. The summed E-state index contributed by atoms with van der Waals surface area (Å²) in [7, 11) is -3.07. The molecule has 188 valence electrons. The van der Waals surface area contributed by atoms with Gasteiger partial charge in [0.2, 0.25) is 0 Å². The summed E-state index contributed by atoms with van der Waals surface area (Å²) in [5.74, 6) is -0.745. The quantitative estimate of drug-likeness (QED) is 0.156. The number of benzene rings is 1. The van der Waals surface area contributed by atoms with Gasteiger partial charge in [0.1, 0.15) is 17.9 Å². The number of hydrogen-bond donors (Lipinski definition) is 2. The van der Waals surface area contributed by atoms with E-state index in [2.05, 4.69) is 14.8 Å². The van der Waals surface area contributed by atoms with Crippen molar-refractivity contribution < 1.29 is 32.8 Å². The van der Waals surface area contributed by atoms with Gasteiger partial charge >= 0.3 is 19.4 Å². The highest BCUT2D eigenvalue weighted by Crippen LogP contribution is 2.45. The predicted octanol–water partition coefficient (Wildman–Crippen LogP) is 1.56. The Morgan fingerprint density at radius 2 is 2.00 bits per heavy atom. The van der Waals surface area contributed by atoms with E-state index in [1.807, 2.05) is 0 Å². The summed E-state index contributed by atoms with van der Waals surface area (Å²) in [6.45, 7) is 2.61. The molecule has 0 radical (unpaired) electrons. The van der Waals surface area contributed by atoms with E-state index < -0.39 is 48.3 Å². The van der Waals surface area contributed by atoms with Gasteiger partial charge in [-0.05, 0) is 32.1 Å². The van der Waals surface area contributed by atoms with Crippen molar-refractivity contribution in [3.8, 4) is 5.75 Å². The van der Waals surface area contributed by atoms with E-state index in [0.717, 1.165) is 19.2 Å². The van der Waals surface area contributed by atoms with Crippen LogP contribution < -0.4 is 20.9 Å². The fraction of sp³-hybridized carbons (Fsp3) is 0.350. The minimum atomic E-state index is -4.22. The predicted molar refractivity (Wildman–Crippen MR) is 121 cm³/mol. The fourth-order valence-electron chi connectivity index (χ4n) is 3.01. The first-order valence-corrected chi connectivity index (χ1v) is 11.8. The van der Waals surface area contributed by atoms with Crippen molar-refractivity contribution in [2.75, 3.05) is 13.7 Å². The minimum Gasteiger partial charge on any atom is -0.468 e. The summed E-state index contributed by atoms with van der Waals surface area (Å²) in [5.41, 5.74) is -1.07. The van der Waals surface area contributed by atoms with Gasteiger partial charge in [0.15, 0.2) is 6.23 Å². The Bertz CT molecular complexity index is 1290. The third-order valence-corrected chi connectivity index (χ3v) is 6.46. The van der Waals surface area contributed by atoms with E-state index >= 15 is 0 Å².